The standard InChI is InChI=1S/C25H17Cl2NO5/c1-2-3-10-28-25-24-19(21(30)15-7-5-9-17(27)23(15)33-24)18(32-25)11-13-12-31-22-14(20(13)29)6-4-8-16(22)26/h4-9,11-12H,2-3,10H2,1H3/b18-11-,28-25?. The average Bonchev–Trinajstić information content (AvgIpc) is 3.15. The van der Waals surface area contributed by atoms with E-state index in [1.54, 1.807) is 36.4 Å². The number of hydrogen-bond acceptors (Lipinski definition) is 6. The third kappa shape index (κ3) is 3.65. The maximum absolute atomic E-state index is 13.4. The van der Waals surface area contributed by atoms with Crippen molar-refractivity contribution in [2.24, 2.45) is 4.99 Å². The van der Waals surface area contributed by atoms with Gasteiger partial charge in [0.1, 0.15) is 17.6 Å². The minimum atomic E-state index is -0.325. The second-order valence-corrected chi connectivity index (χ2v) is 8.35. The third-order valence-corrected chi connectivity index (χ3v) is 5.94. The summed E-state index contributed by atoms with van der Waals surface area (Å²) >= 11 is 12.4. The molecule has 6 nitrogen and oxygen atoms in total. The number of aliphatic imine (C=N–C) groups is 1. The minimum Gasteiger partial charge on any atom is -0.462 e. The van der Waals surface area contributed by atoms with Crippen LogP contribution in [0.4, 0.5) is 0 Å². The lowest BCUT2D eigenvalue weighted by molar-refractivity contribution is 0.505. The molecule has 2 aromatic heterocycles. The van der Waals surface area contributed by atoms with Gasteiger partial charge in [-0.25, -0.2) is 4.99 Å². The number of benzene rings is 2. The van der Waals surface area contributed by atoms with Crippen LogP contribution in [-0.4, -0.2) is 12.4 Å². The molecule has 3 heterocycles. The van der Waals surface area contributed by atoms with Crippen molar-refractivity contribution in [3.05, 3.63) is 90.0 Å². The van der Waals surface area contributed by atoms with Crippen molar-refractivity contribution in [2.75, 3.05) is 6.54 Å². The molecule has 8 heteroatoms. The summed E-state index contributed by atoms with van der Waals surface area (Å²) in [7, 11) is 0. The van der Waals surface area contributed by atoms with Crippen LogP contribution in [0.1, 0.15) is 36.7 Å². The summed E-state index contributed by atoms with van der Waals surface area (Å²) in [6.45, 7) is 2.55. The summed E-state index contributed by atoms with van der Waals surface area (Å²) < 4.78 is 17.5. The van der Waals surface area contributed by atoms with Crippen molar-refractivity contribution in [1.82, 2.24) is 0 Å². The van der Waals surface area contributed by atoms with E-state index in [-0.39, 0.29) is 45.0 Å². The van der Waals surface area contributed by atoms with Gasteiger partial charge in [-0.1, -0.05) is 48.7 Å². The lowest BCUT2D eigenvalue weighted by Crippen LogP contribution is -2.10. The summed E-state index contributed by atoms with van der Waals surface area (Å²) in [6.07, 6.45) is 4.54. The Morgan fingerprint density at radius 1 is 0.970 bits per heavy atom. The fourth-order valence-corrected chi connectivity index (χ4v) is 4.11. The van der Waals surface area contributed by atoms with Gasteiger partial charge in [0, 0.05) is 6.54 Å². The van der Waals surface area contributed by atoms with Crippen molar-refractivity contribution >= 4 is 62.9 Å². The number of fused-ring (bicyclic) bond motifs is 3. The quantitative estimate of drug-likeness (QED) is 0.320. The van der Waals surface area contributed by atoms with E-state index in [2.05, 4.69) is 4.99 Å². The molecule has 1 aliphatic heterocycles. The zero-order valence-corrected chi connectivity index (χ0v) is 19.0. The van der Waals surface area contributed by atoms with Crippen LogP contribution in [0.3, 0.4) is 0 Å². The van der Waals surface area contributed by atoms with Gasteiger partial charge in [0.2, 0.25) is 11.2 Å². The highest BCUT2D eigenvalue weighted by atomic mass is 35.5. The molecule has 0 saturated carbocycles. The molecular weight excluding hydrogens is 465 g/mol. The second kappa shape index (κ2) is 8.54. The first-order valence-corrected chi connectivity index (χ1v) is 11.1. The van der Waals surface area contributed by atoms with Crippen LogP contribution < -0.4 is 10.9 Å². The molecule has 0 amide bonds. The molecule has 2 aromatic carbocycles. The van der Waals surface area contributed by atoms with Gasteiger partial charge in [0.05, 0.1) is 26.4 Å². The van der Waals surface area contributed by atoms with Gasteiger partial charge in [-0.2, -0.15) is 0 Å². The van der Waals surface area contributed by atoms with Crippen molar-refractivity contribution in [3.63, 3.8) is 0 Å². The molecule has 0 N–H and O–H groups in total. The summed E-state index contributed by atoms with van der Waals surface area (Å²) in [5.41, 5.74) is 0.309. The van der Waals surface area contributed by atoms with E-state index in [9.17, 15) is 9.59 Å². The highest BCUT2D eigenvalue weighted by Gasteiger charge is 2.32. The maximum atomic E-state index is 13.4. The van der Waals surface area contributed by atoms with Crippen molar-refractivity contribution in [3.8, 4) is 0 Å². The van der Waals surface area contributed by atoms with Gasteiger partial charge in [-0.05, 0) is 36.8 Å². The smallest absolute Gasteiger partial charge is 0.259 e. The Bertz CT molecular complexity index is 1600. The Kier molecular flexibility index (Phi) is 5.56. The van der Waals surface area contributed by atoms with Crippen LogP contribution in [0, 0.1) is 0 Å². The molecule has 0 saturated heterocycles. The van der Waals surface area contributed by atoms with Crippen molar-refractivity contribution in [1.29, 1.82) is 0 Å². The normalized spacial score (nSPS) is 15.5. The fraction of sp³-hybridized carbons (Fsp3) is 0.160. The Morgan fingerprint density at radius 2 is 1.67 bits per heavy atom. The van der Waals surface area contributed by atoms with E-state index < -0.39 is 0 Å². The van der Waals surface area contributed by atoms with Crippen LogP contribution in [0.2, 0.25) is 10.0 Å². The Morgan fingerprint density at radius 3 is 2.39 bits per heavy atom. The largest absolute Gasteiger partial charge is 0.462 e. The summed E-state index contributed by atoms with van der Waals surface area (Å²) in [4.78, 5) is 30.9. The van der Waals surface area contributed by atoms with Crippen LogP contribution >= 0.6 is 23.2 Å². The van der Waals surface area contributed by atoms with Gasteiger partial charge < -0.3 is 13.6 Å². The topological polar surface area (TPSA) is 82.0 Å². The molecule has 1 aliphatic rings. The Labute approximate surface area is 197 Å². The van der Waals surface area contributed by atoms with E-state index in [4.69, 9.17) is 36.8 Å². The van der Waals surface area contributed by atoms with Gasteiger partial charge >= 0.3 is 0 Å². The van der Waals surface area contributed by atoms with Crippen LogP contribution in [0.25, 0.3) is 33.8 Å². The molecular formula is C25H17Cl2NO5. The second-order valence-electron chi connectivity index (χ2n) is 7.54. The Hall–Kier alpha value is -3.35. The highest BCUT2D eigenvalue weighted by molar-refractivity contribution is 6.35. The molecule has 0 bridgehead atoms. The van der Waals surface area contributed by atoms with Crippen LogP contribution in [0.15, 0.2) is 66.1 Å². The van der Waals surface area contributed by atoms with Crippen molar-refractivity contribution < 1.29 is 13.6 Å². The molecule has 5 rings (SSSR count). The lowest BCUT2D eigenvalue weighted by Gasteiger charge is -2.03. The number of nitrogens with zero attached hydrogens (tertiary/aromatic N) is 1. The highest BCUT2D eigenvalue weighted by Crippen LogP contribution is 2.34. The SMILES string of the molecule is CCCCN=C1O/C(=C\c2coc3c(Cl)cccc3c2=O)c2c1oc1c(Cl)cccc1c2=O. The molecule has 166 valence electrons. The number of halogens is 2. The first-order valence-electron chi connectivity index (χ1n) is 10.4. The third-order valence-electron chi connectivity index (χ3n) is 5.35. The molecule has 0 aliphatic carbocycles. The molecule has 0 unspecified atom stereocenters. The monoisotopic (exact) mass is 481 g/mol. The van der Waals surface area contributed by atoms with Gasteiger partial charge in [-0.15, -0.1) is 0 Å². The average molecular weight is 482 g/mol. The number of hydrogen-bond donors (Lipinski definition) is 0. The molecule has 4 aromatic rings. The van der Waals surface area contributed by atoms with Crippen molar-refractivity contribution in [2.45, 2.75) is 19.8 Å². The number of unbranched alkanes of at least 4 members (excludes halogenated alkanes) is 1. The fourth-order valence-electron chi connectivity index (χ4n) is 3.68. The lowest BCUT2D eigenvalue weighted by atomic mass is 10.1. The zero-order chi connectivity index (χ0) is 23.1. The van der Waals surface area contributed by atoms with Crippen LogP contribution in [-0.2, 0) is 4.74 Å². The van der Waals surface area contributed by atoms with E-state index in [1.807, 2.05) is 6.92 Å². The maximum Gasteiger partial charge on any atom is 0.259 e. The van der Waals surface area contributed by atoms with Crippen LogP contribution in [0.5, 0.6) is 0 Å². The van der Waals surface area contributed by atoms with Gasteiger partial charge in [0.15, 0.2) is 16.6 Å². The minimum absolute atomic E-state index is 0.157. The van der Waals surface area contributed by atoms with Gasteiger partial charge in [-0.3, -0.25) is 9.59 Å². The summed E-state index contributed by atoms with van der Waals surface area (Å²) in [5.74, 6) is 0.526. The van der Waals surface area contributed by atoms with E-state index in [0.29, 0.717) is 32.9 Å². The number of rotatable bonds is 4. The first-order chi connectivity index (χ1) is 16.0. The van der Waals surface area contributed by atoms with E-state index >= 15 is 0 Å². The molecule has 0 atom stereocenters. The summed E-state index contributed by atoms with van der Waals surface area (Å²) in [5, 5.41) is 1.28. The van der Waals surface area contributed by atoms with Gasteiger partial charge in [0.25, 0.3) is 5.90 Å². The first kappa shape index (κ1) is 21.5. The van der Waals surface area contributed by atoms with E-state index in [0.717, 1.165) is 12.8 Å². The zero-order valence-electron chi connectivity index (χ0n) is 17.5. The summed E-state index contributed by atoms with van der Waals surface area (Å²) in [6, 6.07) is 9.88. The molecule has 0 radical (unpaired) electrons. The predicted molar refractivity (Wildman–Crippen MR) is 130 cm³/mol. The van der Waals surface area contributed by atoms with E-state index in [1.165, 1.54) is 12.3 Å². The molecule has 33 heavy (non-hydrogen) atoms. The molecule has 0 spiro atoms. The molecule has 0 fully saturated rings. The number of ether oxygens (including phenoxy) is 1. The Balaban J connectivity index is 1.74. The predicted octanol–water partition coefficient (Wildman–Crippen LogP) is 6.28. The number of para-hydroxylation sites is 2.